The molecule has 0 saturated heterocycles. The van der Waals surface area contributed by atoms with Crippen LogP contribution >= 0.6 is 232 Å². The molecule has 22 heteroatoms. The number of hydrogen-bond donors (Lipinski definition) is 0. The summed E-state index contributed by atoms with van der Waals surface area (Å²) in [5, 5.41) is -6.46. The molecule has 0 nitrogen and oxygen atoms in total. The summed E-state index contributed by atoms with van der Waals surface area (Å²) >= 11 is 134. The first kappa shape index (κ1) is 43.7. The third-order valence-corrected chi connectivity index (χ3v) is 15.9. The second-order valence-electron chi connectivity index (χ2n) is 8.80. The molecule has 0 aromatic heterocycles. The van der Waals surface area contributed by atoms with Crippen molar-refractivity contribution in [1.82, 2.24) is 0 Å². The van der Waals surface area contributed by atoms with Gasteiger partial charge in [0.1, 0.15) is 6.15 Å². The van der Waals surface area contributed by atoms with Crippen molar-refractivity contribution < 1.29 is 18.9 Å². The first-order chi connectivity index (χ1) is 20.7. The Morgan fingerprint density at radius 2 is 0.261 bits per heavy atom. The Labute approximate surface area is 374 Å². The smallest absolute Gasteiger partial charge is 0.155 e. The average Bonchev–Trinajstić information content (AvgIpc) is 3.00. The van der Waals surface area contributed by atoms with E-state index in [4.69, 9.17) is 232 Å². The minimum atomic E-state index is -3.60. The molecule has 0 amide bonds. The van der Waals surface area contributed by atoms with E-state index in [-0.39, 0.29) is 141 Å². The van der Waals surface area contributed by atoms with E-state index < -0.39 is 6.15 Å². The van der Waals surface area contributed by atoms with Crippen LogP contribution in [0.2, 0.25) is 100 Å². The summed E-state index contributed by atoms with van der Waals surface area (Å²) in [7, 11) is 0. The summed E-state index contributed by atoms with van der Waals surface area (Å²) in [5.74, 6) is 0. The van der Waals surface area contributed by atoms with Crippen molar-refractivity contribution in [2.45, 2.75) is 0 Å². The normalized spacial score (nSPS) is 11.7. The fourth-order valence-electron chi connectivity index (χ4n) is 4.87. The van der Waals surface area contributed by atoms with Crippen molar-refractivity contribution in [2.75, 3.05) is 0 Å². The van der Waals surface area contributed by atoms with Gasteiger partial charge in [-0.05, 0) is 0 Å². The maximum Gasteiger partial charge on any atom is 1.00 e. The number of benzene rings is 4. The molecule has 0 heterocycles. The molecule has 4 rings (SSSR count). The molecule has 0 bridgehead atoms. The van der Waals surface area contributed by atoms with Crippen molar-refractivity contribution in [3.05, 3.63) is 100 Å². The van der Waals surface area contributed by atoms with Crippen molar-refractivity contribution in [1.29, 1.82) is 0 Å². The molecule has 0 N–H and O–H groups in total. The fourth-order valence-corrected chi connectivity index (χ4v) is 10.8. The number of halogens is 20. The Kier molecular flexibility index (Phi) is 15.6. The summed E-state index contributed by atoms with van der Waals surface area (Å²) in [6.45, 7) is 0. The molecular weight excluding hydrogens is 1020 g/mol. The van der Waals surface area contributed by atoms with Crippen LogP contribution in [0.15, 0.2) is 0 Å². The first-order valence-electron chi connectivity index (χ1n) is 10.9. The maximum atomic E-state index is 6.98. The largest absolute Gasteiger partial charge is 1.00 e. The quantitative estimate of drug-likeness (QED) is 0.109. The molecule has 0 spiro atoms. The summed E-state index contributed by atoms with van der Waals surface area (Å²) in [6, 6.07) is 0. The number of rotatable bonds is 4. The van der Waals surface area contributed by atoms with Gasteiger partial charge in [0, 0.05) is 40.2 Å². The predicted octanol–water partition coefficient (Wildman–Crippen LogP) is 13.1. The predicted molar refractivity (Wildman–Crippen MR) is 210 cm³/mol. The van der Waals surface area contributed by atoms with Gasteiger partial charge in [-0.15, -0.1) is 0 Å². The van der Waals surface area contributed by atoms with Crippen LogP contribution in [0, 0.1) is 0 Å². The Hall–Kier alpha value is 3.34. The SMILES string of the molecule is Clc1c(Cl)c(Cl)c([B-](c2c(Cl)c(Cl)c(Cl)c(Cl)c2Cl)(c2c(Cl)c(Cl)c(Cl)c(Cl)c2Cl)c2c(Cl)c(Cl)c(Cl)c(Cl)c2Cl)c(Cl)c1Cl.[Li+]. The van der Waals surface area contributed by atoms with Crippen LogP contribution in [0.5, 0.6) is 0 Å². The van der Waals surface area contributed by atoms with Crippen LogP contribution < -0.4 is 40.7 Å². The monoisotopic (exact) mass is 1010 g/mol. The van der Waals surface area contributed by atoms with Crippen LogP contribution in [-0.2, 0) is 0 Å². The van der Waals surface area contributed by atoms with Crippen LogP contribution in [0.25, 0.3) is 0 Å². The van der Waals surface area contributed by atoms with Gasteiger partial charge in [0.15, 0.2) is 0 Å². The van der Waals surface area contributed by atoms with Crippen LogP contribution in [0.1, 0.15) is 0 Å². The summed E-state index contributed by atoms with van der Waals surface area (Å²) < 4.78 is 0. The summed E-state index contributed by atoms with van der Waals surface area (Å²) in [5.41, 5.74) is -1.03. The standard InChI is InChI=1S/C24BCl20.Li/c26-5-1(6(27)14(35)21(42)13(5)34)25(2-7(28)15(36)22(43)16(37)8(2)29,3-9(30)17(38)23(44)18(39)10(3)31)4-11(32)19(40)24(45)20(41)12(4)33;/q-1;+1. The average molecular weight is 1020 g/mol. The molecule has 46 heavy (non-hydrogen) atoms. The Bertz CT molecular complexity index is 1580. The Balaban J connectivity index is 0.00000576. The summed E-state index contributed by atoms with van der Waals surface area (Å²) in [6.07, 6.45) is -3.60. The zero-order valence-electron chi connectivity index (χ0n) is 21.1. The van der Waals surface area contributed by atoms with Crippen molar-refractivity contribution >= 4 is 260 Å². The minimum absolute atomic E-state index is 0. The fraction of sp³-hybridized carbons (Fsp3) is 0. The van der Waals surface area contributed by atoms with Crippen LogP contribution in [-0.4, -0.2) is 6.15 Å². The number of hydrogen-bond acceptors (Lipinski definition) is 0. The van der Waals surface area contributed by atoms with Gasteiger partial charge in [0.05, 0.1) is 60.3 Å². The Morgan fingerprint density at radius 1 is 0.174 bits per heavy atom. The second kappa shape index (κ2) is 16.4. The molecule has 0 aliphatic heterocycles. The van der Waals surface area contributed by atoms with E-state index in [9.17, 15) is 0 Å². The molecule has 0 fully saturated rings. The molecule has 0 atom stereocenters. The Morgan fingerprint density at radius 3 is 0.370 bits per heavy atom. The summed E-state index contributed by atoms with van der Waals surface area (Å²) in [4.78, 5) is 0. The zero-order chi connectivity index (χ0) is 34.4. The van der Waals surface area contributed by atoms with Gasteiger partial charge in [0.2, 0.25) is 0 Å². The maximum absolute atomic E-state index is 6.98. The van der Waals surface area contributed by atoms with Crippen molar-refractivity contribution in [2.24, 2.45) is 0 Å². The minimum Gasteiger partial charge on any atom is -0.155 e. The second-order valence-corrected chi connectivity index (χ2v) is 16.4. The van der Waals surface area contributed by atoms with Gasteiger partial charge in [-0.1, -0.05) is 232 Å². The molecule has 0 radical (unpaired) electrons. The third-order valence-electron chi connectivity index (χ3n) is 6.71. The zero-order valence-corrected chi connectivity index (χ0v) is 36.3. The van der Waals surface area contributed by atoms with Gasteiger partial charge in [-0.25, -0.2) is 0 Å². The molecule has 0 unspecified atom stereocenters. The molecular formula is C24BCl20Li. The van der Waals surface area contributed by atoms with E-state index in [1.807, 2.05) is 0 Å². The van der Waals surface area contributed by atoms with Gasteiger partial charge >= 0.3 is 18.9 Å². The van der Waals surface area contributed by atoms with Crippen LogP contribution in [0.3, 0.4) is 0 Å². The van der Waals surface area contributed by atoms with Gasteiger partial charge in [-0.2, -0.15) is 21.9 Å². The van der Waals surface area contributed by atoms with E-state index in [0.717, 1.165) is 0 Å². The molecule has 240 valence electrons. The molecule has 0 saturated carbocycles. The van der Waals surface area contributed by atoms with Crippen molar-refractivity contribution in [3.63, 3.8) is 0 Å². The topological polar surface area (TPSA) is 0 Å². The molecule has 0 aliphatic rings. The van der Waals surface area contributed by atoms with Crippen LogP contribution in [0.4, 0.5) is 0 Å². The molecule has 4 aromatic rings. The van der Waals surface area contributed by atoms with Crippen molar-refractivity contribution in [3.8, 4) is 0 Å². The van der Waals surface area contributed by atoms with E-state index in [0.29, 0.717) is 0 Å². The van der Waals surface area contributed by atoms with Gasteiger partial charge in [0.25, 0.3) is 0 Å². The molecule has 0 aliphatic carbocycles. The van der Waals surface area contributed by atoms with E-state index >= 15 is 0 Å². The van der Waals surface area contributed by atoms with Gasteiger partial charge in [-0.3, -0.25) is 0 Å². The van der Waals surface area contributed by atoms with Gasteiger partial charge < -0.3 is 0 Å². The van der Waals surface area contributed by atoms with E-state index in [1.165, 1.54) is 0 Å². The van der Waals surface area contributed by atoms with E-state index in [1.54, 1.807) is 0 Å². The van der Waals surface area contributed by atoms with E-state index in [2.05, 4.69) is 0 Å². The first-order valence-corrected chi connectivity index (χ1v) is 18.5. The molecule has 4 aromatic carbocycles. The third kappa shape index (κ3) is 6.68.